The number of rotatable bonds is 1. The van der Waals surface area contributed by atoms with E-state index in [-0.39, 0.29) is 0 Å². The molecule has 0 fully saturated rings. The normalized spacial score (nSPS) is 11.0. The summed E-state index contributed by atoms with van der Waals surface area (Å²) < 4.78 is 2.00. The summed E-state index contributed by atoms with van der Waals surface area (Å²) >= 11 is 0. The first kappa shape index (κ1) is 8.29. The maximum Gasteiger partial charge on any atom is 0.119 e. The van der Waals surface area contributed by atoms with Gasteiger partial charge in [0.1, 0.15) is 12.1 Å². The Kier molecular flexibility index (Phi) is 1.65. The lowest BCUT2D eigenvalue weighted by atomic mass is 10.2. The molecule has 0 radical (unpaired) electrons. The zero-order valence-corrected chi connectivity index (χ0v) is 8.44. The standard InChI is InChI=1S/C12H11N3/c1-9-10-4-2-3-5-11(10)14-12(9)15-7-6-13-8-15/h2-8,14H,1H3. The van der Waals surface area contributed by atoms with Crippen LogP contribution in [0.2, 0.25) is 0 Å². The van der Waals surface area contributed by atoms with E-state index in [1.54, 1.807) is 12.5 Å². The number of H-pyrrole nitrogens is 1. The molecule has 0 aliphatic rings. The van der Waals surface area contributed by atoms with Crippen molar-refractivity contribution in [2.75, 3.05) is 0 Å². The highest BCUT2D eigenvalue weighted by atomic mass is 15.1. The van der Waals surface area contributed by atoms with Gasteiger partial charge in [-0.3, -0.25) is 4.57 Å². The Balaban J connectivity index is 2.33. The molecule has 3 nitrogen and oxygen atoms in total. The molecule has 3 heteroatoms. The number of nitrogens with one attached hydrogen (secondary N) is 1. The van der Waals surface area contributed by atoms with Gasteiger partial charge in [-0.05, 0) is 18.6 Å². The van der Waals surface area contributed by atoms with Crippen molar-refractivity contribution < 1.29 is 0 Å². The van der Waals surface area contributed by atoms with Crippen LogP contribution in [0.4, 0.5) is 0 Å². The Morgan fingerprint density at radius 2 is 2.13 bits per heavy atom. The van der Waals surface area contributed by atoms with Gasteiger partial charge < -0.3 is 4.98 Å². The highest BCUT2D eigenvalue weighted by Gasteiger charge is 2.07. The Bertz CT molecular complexity index is 590. The van der Waals surface area contributed by atoms with Crippen LogP contribution in [0.3, 0.4) is 0 Å². The number of nitrogens with zero attached hydrogens (tertiary/aromatic N) is 2. The van der Waals surface area contributed by atoms with Gasteiger partial charge in [-0.25, -0.2) is 4.98 Å². The third-order valence-corrected chi connectivity index (χ3v) is 2.70. The summed E-state index contributed by atoms with van der Waals surface area (Å²) in [6, 6.07) is 8.31. The molecule has 74 valence electrons. The second kappa shape index (κ2) is 2.98. The summed E-state index contributed by atoms with van der Waals surface area (Å²) in [5.41, 5.74) is 2.42. The van der Waals surface area contributed by atoms with Gasteiger partial charge in [0.15, 0.2) is 0 Å². The van der Waals surface area contributed by atoms with Crippen LogP contribution < -0.4 is 0 Å². The molecule has 15 heavy (non-hydrogen) atoms. The Hall–Kier alpha value is -2.03. The average Bonchev–Trinajstić information content (AvgIpc) is 2.87. The topological polar surface area (TPSA) is 33.6 Å². The molecule has 2 heterocycles. The van der Waals surface area contributed by atoms with Gasteiger partial charge in [0.2, 0.25) is 0 Å². The van der Waals surface area contributed by atoms with E-state index in [4.69, 9.17) is 0 Å². The molecule has 3 aromatic rings. The maximum atomic E-state index is 4.05. The number of imidazole rings is 1. The fourth-order valence-corrected chi connectivity index (χ4v) is 1.92. The number of aromatic nitrogens is 3. The first-order valence-electron chi connectivity index (χ1n) is 4.92. The van der Waals surface area contributed by atoms with Crippen molar-refractivity contribution in [2.45, 2.75) is 6.92 Å². The molecule has 0 saturated heterocycles. The van der Waals surface area contributed by atoms with Crippen LogP contribution in [0.15, 0.2) is 43.0 Å². The molecular weight excluding hydrogens is 186 g/mol. The minimum Gasteiger partial charge on any atom is -0.341 e. The monoisotopic (exact) mass is 197 g/mol. The van der Waals surface area contributed by atoms with Crippen LogP contribution in [0.25, 0.3) is 16.7 Å². The van der Waals surface area contributed by atoms with Crippen molar-refractivity contribution in [3.8, 4) is 5.82 Å². The summed E-state index contributed by atoms with van der Waals surface area (Å²) in [5, 5.41) is 1.27. The number of aryl methyl sites for hydroxylation is 1. The van der Waals surface area contributed by atoms with E-state index < -0.39 is 0 Å². The minimum absolute atomic E-state index is 1.09. The summed E-state index contributed by atoms with van der Waals surface area (Å²) in [6.07, 6.45) is 5.53. The Morgan fingerprint density at radius 1 is 1.27 bits per heavy atom. The van der Waals surface area contributed by atoms with Crippen molar-refractivity contribution in [2.24, 2.45) is 0 Å². The number of fused-ring (bicyclic) bond motifs is 1. The molecule has 0 aliphatic carbocycles. The van der Waals surface area contributed by atoms with Crippen LogP contribution in [0.5, 0.6) is 0 Å². The van der Waals surface area contributed by atoms with Gasteiger partial charge in [-0.15, -0.1) is 0 Å². The Morgan fingerprint density at radius 3 is 2.87 bits per heavy atom. The van der Waals surface area contributed by atoms with Gasteiger partial charge in [0.25, 0.3) is 0 Å². The smallest absolute Gasteiger partial charge is 0.119 e. The van der Waals surface area contributed by atoms with Crippen LogP contribution >= 0.6 is 0 Å². The highest BCUT2D eigenvalue weighted by molar-refractivity contribution is 5.86. The number of hydrogen-bond acceptors (Lipinski definition) is 1. The van der Waals surface area contributed by atoms with E-state index in [9.17, 15) is 0 Å². The first-order chi connectivity index (χ1) is 7.36. The van der Waals surface area contributed by atoms with E-state index in [0.717, 1.165) is 5.82 Å². The van der Waals surface area contributed by atoms with E-state index in [2.05, 4.69) is 35.1 Å². The van der Waals surface area contributed by atoms with Crippen LogP contribution in [0.1, 0.15) is 5.56 Å². The van der Waals surface area contributed by atoms with E-state index in [1.165, 1.54) is 16.5 Å². The van der Waals surface area contributed by atoms with Crippen molar-refractivity contribution in [3.63, 3.8) is 0 Å². The Labute approximate surface area is 87.4 Å². The molecule has 3 rings (SSSR count). The van der Waals surface area contributed by atoms with Crippen LogP contribution in [0, 0.1) is 6.92 Å². The molecule has 0 atom stereocenters. The fraction of sp³-hybridized carbons (Fsp3) is 0.0833. The number of aromatic amines is 1. The zero-order chi connectivity index (χ0) is 10.3. The van der Waals surface area contributed by atoms with Crippen LogP contribution in [-0.2, 0) is 0 Å². The van der Waals surface area contributed by atoms with Gasteiger partial charge in [0.05, 0.1) is 0 Å². The van der Waals surface area contributed by atoms with Gasteiger partial charge in [-0.1, -0.05) is 18.2 Å². The van der Waals surface area contributed by atoms with Crippen molar-refractivity contribution >= 4 is 10.9 Å². The molecule has 0 spiro atoms. The molecule has 0 amide bonds. The number of hydrogen-bond donors (Lipinski definition) is 1. The van der Waals surface area contributed by atoms with Gasteiger partial charge >= 0.3 is 0 Å². The summed E-state index contributed by atoms with van der Waals surface area (Å²) in [5.74, 6) is 1.09. The molecule has 0 bridgehead atoms. The lowest BCUT2D eigenvalue weighted by Gasteiger charge is -1.98. The summed E-state index contributed by atoms with van der Waals surface area (Å²) in [6.45, 7) is 2.12. The third-order valence-electron chi connectivity index (χ3n) is 2.70. The average molecular weight is 197 g/mol. The predicted octanol–water partition coefficient (Wildman–Crippen LogP) is 2.66. The van der Waals surface area contributed by atoms with E-state index in [0.29, 0.717) is 0 Å². The van der Waals surface area contributed by atoms with E-state index in [1.807, 2.05) is 16.8 Å². The van der Waals surface area contributed by atoms with Crippen molar-refractivity contribution in [1.82, 2.24) is 14.5 Å². The first-order valence-corrected chi connectivity index (χ1v) is 4.92. The predicted molar refractivity (Wildman–Crippen MR) is 60.2 cm³/mol. The number of para-hydroxylation sites is 1. The minimum atomic E-state index is 1.09. The fourth-order valence-electron chi connectivity index (χ4n) is 1.92. The van der Waals surface area contributed by atoms with Crippen LogP contribution in [-0.4, -0.2) is 14.5 Å². The van der Waals surface area contributed by atoms with Gasteiger partial charge in [0, 0.05) is 23.3 Å². The lowest BCUT2D eigenvalue weighted by Crippen LogP contribution is -1.91. The molecule has 0 saturated carbocycles. The molecule has 0 unspecified atom stereocenters. The lowest BCUT2D eigenvalue weighted by molar-refractivity contribution is 1.00. The molecular formula is C12H11N3. The SMILES string of the molecule is Cc1c(-n2ccnc2)[nH]c2ccccc12. The quantitative estimate of drug-likeness (QED) is 0.639. The third kappa shape index (κ3) is 1.16. The molecule has 2 aromatic heterocycles. The largest absolute Gasteiger partial charge is 0.341 e. The maximum absolute atomic E-state index is 4.05. The van der Waals surface area contributed by atoms with E-state index >= 15 is 0 Å². The second-order valence-electron chi connectivity index (χ2n) is 3.61. The molecule has 0 aliphatic heterocycles. The summed E-state index contributed by atoms with van der Waals surface area (Å²) in [4.78, 5) is 7.44. The van der Waals surface area contributed by atoms with Crippen molar-refractivity contribution in [1.29, 1.82) is 0 Å². The zero-order valence-electron chi connectivity index (χ0n) is 8.44. The van der Waals surface area contributed by atoms with Gasteiger partial charge in [-0.2, -0.15) is 0 Å². The highest BCUT2D eigenvalue weighted by Crippen LogP contribution is 2.23. The molecule has 1 aromatic carbocycles. The summed E-state index contributed by atoms with van der Waals surface area (Å²) in [7, 11) is 0. The number of benzene rings is 1. The molecule has 1 N–H and O–H groups in total. The second-order valence-corrected chi connectivity index (χ2v) is 3.61. The van der Waals surface area contributed by atoms with Crippen molar-refractivity contribution in [3.05, 3.63) is 48.5 Å².